The maximum absolute atomic E-state index is 13.4. The highest BCUT2D eigenvalue weighted by Gasteiger charge is 2.56. The number of halogens is 3. The van der Waals surface area contributed by atoms with Crippen molar-refractivity contribution >= 4 is 23.2 Å². The van der Waals surface area contributed by atoms with E-state index in [0.29, 0.717) is 35.3 Å². The van der Waals surface area contributed by atoms with Crippen molar-refractivity contribution in [3.63, 3.8) is 0 Å². The first-order chi connectivity index (χ1) is 19.3. The molecule has 1 N–H and O–H groups in total. The van der Waals surface area contributed by atoms with Crippen LogP contribution in [0.15, 0.2) is 52.8 Å². The Morgan fingerprint density at radius 3 is 2.41 bits per heavy atom. The Balaban J connectivity index is 1.46. The molecule has 2 amide bonds. The average Bonchev–Trinajstić information content (AvgIpc) is 3.62. The number of aromatic nitrogens is 2. The molecule has 1 saturated heterocycles. The Labute approximate surface area is 239 Å². The third-order valence-electron chi connectivity index (χ3n) is 8.37. The molecule has 2 aromatic heterocycles. The fourth-order valence-corrected chi connectivity index (χ4v) is 6.84. The first-order valence-corrected chi connectivity index (χ1v) is 14.3. The van der Waals surface area contributed by atoms with E-state index >= 15 is 0 Å². The molecule has 1 unspecified atom stereocenters. The predicted octanol–water partition coefficient (Wildman–Crippen LogP) is 4.53. The molecule has 5 rings (SSSR count). The van der Waals surface area contributed by atoms with Crippen LogP contribution in [0.4, 0.5) is 13.2 Å². The van der Waals surface area contributed by atoms with Gasteiger partial charge in [-0.1, -0.05) is 43.2 Å². The van der Waals surface area contributed by atoms with Gasteiger partial charge in [0, 0.05) is 55.8 Å². The number of hydrogen-bond acceptors (Lipinski definition) is 6. The Kier molecular flexibility index (Phi) is 7.58. The van der Waals surface area contributed by atoms with Gasteiger partial charge in [0.05, 0.1) is 17.7 Å². The molecule has 218 valence electrons. The van der Waals surface area contributed by atoms with Crippen LogP contribution < -0.4 is 5.56 Å². The van der Waals surface area contributed by atoms with E-state index in [-0.39, 0.29) is 43.2 Å². The van der Waals surface area contributed by atoms with Crippen LogP contribution in [0.25, 0.3) is 11.1 Å². The maximum atomic E-state index is 13.4. The number of pyridine rings is 1. The van der Waals surface area contributed by atoms with Crippen LogP contribution in [-0.2, 0) is 12.7 Å². The molecule has 8 nitrogen and oxygen atoms in total. The van der Waals surface area contributed by atoms with E-state index in [1.807, 2.05) is 30.3 Å². The number of aliphatic hydroxyl groups is 1. The fourth-order valence-electron chi connectivity index (χ4n) is 6.18. The second-order valence-electron chi connectivity index (χ2n) is 11.2. The third kappa shape index (κ3) is 5.42. The van der Waals surface area contributed by atoms with Crippen molar-refractivity contribution in [2.75, 3.05) is 27.2 Å². The number of rotatable bonds is 5. The first-order valence-electron chi connectivity index (χ1n) is 13.4. The summed E-state index contributed by atoms with van der Waals surface area (Å²) in [5.74, 6) is -0.893. The lowest BCUT2D eigenvalue weighted by atomic mass is 9.65. The predicted molar refractivity (Wildman–Crippen MR) is 148 cm³/mol. The van der Waals surface area contributed by atoms with Crippen LogP contribution in [-0.4, -0.2) is 69.1 Å². The molecule has 0 radical (unpaired) electrons. The molecule has 2 fully saturated rings. The van der Waals surface area contributed by atoms with Crippen molar-refractivity contribution in [3.8, 4) is 11.1 Å². The van der Waals surface area contributed by atoms with Crippen LogP contribution in [0.1, 0.15) is 58.0 Å². The number of amides is 2. The maximum Gasteiger partial charge on any atom is 0.443 e. The minimum absolute atomic E-state index is 0.0778. The van der Waals surface area contributed by atoms with E-state index in [2.05, 4.69) is 4.98 Å². The normalized spacial score (nSPS) is 20.4. The summed E-state index contributed by atoms with van der Waals surface area (Å²) in [6.07, 6.45) is -0.194. The van der Waals surface area contributed by atoms with E-state index < -0.39 is 28.1 Å². The van der Waals surface area contributed by atoms with Gasteiger partial charge in [0.25, 0.3) is 17.4 Å². The zero-order chi connectivity index (χ0) is 29.6. The topological polar surface area (TPSA) is 95.7 Å². The SMILES string of the molecule is CN(C)C(=O)c1cn(CC2(O)CCN(C(=O)c3csc(C(F)(F)F)n3)CC23CCCC3)c(=O)cc1-c1ccccc1. The van der Waals surface area contributed by atoms with Crippen LogP contribution in [0.5, 0.6) is 0 Å². The summed E-state index contributed by atoms with van der Waals surface area (Å²) in [7, 11) is 3.25. The summed E-state index contributed by atoms with van der Waals surface area (Å²) >= 11 is 0.379. The second kappa shape index (κ2) is 10.7. The van der Waals surface area contributed by atoms with Crippen molar-refractivity contribution in [3.05, 3.63) is 74.6 Å². The van der Waals surface area contributed by atoms with Gasteiger partial charge in [-0.25, -0.2) is 4.98 Å². The van der Waals surface area contributed by atoms with Crippen LogP contribution in [0.2, 0.25) is 0 Å². The molecule has 1 aliphatic carbocycles. The van der Waals surface area contributed by atoms with Gasteiger partial charge in [-0.2, -0.15) is 13.2 Å². The molecule has 12 heteroatoms. The fraction of sp³-hybridized carbons (Fsp3) is 0.448. The van der Waals surface area contributed by atoms with E-state index in [0.717, 1.165) is 23.8 Å². The number of carbonyl (C=O) groups excluding carboxylic acids is 2. The number of thiazole rings is 1. The molecule has 41 heavy (non-hydrogen) atoms. The highest BCUT2D eigenvalue weighted by Crippen LogP contribution is 2.52. The number of carbonyl (C=O) groups is 2. The van der Waals surface area contributed by atoms with E-state index in [1.54, 1.807) is 14.1 Å². The lowest BCUT2D eigenvalue weighted by molar-refractivity contribution is -0.137. The minimum Gasteiger partial charge on any atom is -0.387 e. The molecule has 1 aromatic carbocycles. The number of nitrogens with zero attached hydrogens (tertiary/aromatic N) is 4. The lowest BCUT2D eigenvalue weighted by Crippen LogP contribution is -2.62. The van der Waals surface area contributed by atoms with Gasteiger partial charge < -0.3 is 19.5 Å². The zero-order valence-corrected chi connectivity index (χ0v) is 23.6. The number of hydrogen-bond donors (Lipinski definition) is 1. The number of piperidine rings is 1. The number of alkyl halides is 3. The standard InChI is InChI=1S/C29H31F3N4O4S/c1-34(2)24(38)21-15-36(23(37)14-20(21)19-8-4-3-5-9-19)18-28(40)12-13-35(17-27(28)10-6-7-11-27)25(39)22-16-41-26(33-22)29(30,31)32/h3-5,8-9,14-16,40H,6-7,10-13,17-18H2,1-2H3. The quantitative estimate of drug-likeness (QED) is 0.473. The highest BCUT2D eigenvalue weighted by atomic mass is 32.1. The summed E-state index contributed by atoms with van der Waals surface area (Å²) in [6, 6.07) is 10.5. The molecule has 1 saturated carbocycles. The summed E-state index contributed by atoms with van der Waals surface area (Å²) in [6.45, 7) is 0.156. The molecule has 1 atom stereocenters. The van der Waals surface area contributed by atoms with Crippen LogP contribution in [0, 0.1) is 5.41 Å². The van der Waals surface area contributed by atoms with Gasteiger partial charge >= 0.3 is 6.18 Å². The Morgan fingerprint density at radius 2 is 1.80 bits per heavy atom. The van der Waals surface area contributed by atoms with Crippen LogP contribution >= 0.6 is 11.3 Å². The van der Waals surface area contributed by atoms with E-state index in [9.17, 15) is 32.7 Å². The molecule has 2 aliphatic rings. The monoisotopic (exact) mass is 588 g/mol. The molecular formula is C29H31F3N4O4S. The van der Waals surface area contributed by atoms with Gasteiger partial charge in [0.1, 0.15) is 5.69 Å². The Bertz CT molecular complexity index is 1510. The highest BCUT2D eigenvalue weighted by molar-refractivity contribution is 7.10. The van der Waals surface area contributed by atoms with Crippen molar-refractivity contribution < 1.29 is 27.9 Å². The van der Waals surface area contributed by atoms with E-state index in [1.165, 1.54) is 26.6 Å². The molecule has 0 bridgehead atoms. The minimum atomic E-state index is -4.63. The van der Waals surface area contributed by atoms with Gasteiger partial charge in [-0.05, 0) is 24.8 Å². The Morgan fingerprint density at radius 1 is 1.12 bits per heavy atom. The zero-order valence-electron chi connectivity index (χ0n) is 22.8. The van der Waals surface area contributed by atoms with Gasteiger partial charge in [-0.3, -0.25) is 14.4 Å². The van der Waals surface area contributed by atoms with Crippen molar-refractivity contribution in [2.24, 2.45) is 5.41 Å². The van der Waals surface area contributed by atoms with Crippen LogP contribution in [0.3, 0.4) is 0 Å². The molecule has 3 heterocycles. The first kappa shape index (κ1) is 29.0. The van der Waals surface area contributed by atoms with Crippen molar-refractivity contribution in [1.82, 2.24) is 19.4 Å². The van der Waals surface area contributed by atoms with E-state index in [4.69, 9.17) is 0 Å². The van der Waals surface area contributed by atoms with Crippen molar-refractivity contribution in [1.29, 1.82) is 0 Å². The smallest absolute Gasteiger partial charge is 0.387 e. The summed E-state index contributed by atoms with van der Waals surface area (Å²) < 4.78 is 40.6. The molecule has 1 spiro atoms. The third-order valence-corrected chi connectivity index (χ3v) is 9.26. The summed E-state index contributed by atoms with van der Waals surface area (Å²) in [5, 5.41) is 12.2. The number of benzene rings is 1. The van der Waals surface area contributed by atoms with Gasteiger partial charge in [-0.15, -0.1) is 11.3 Å². The molecule has 1 aliphatic heterocycles. The van der Waals surface area contributed by atoms with Gasteiger partial charge in [0.15, 0.2) is 5.01 Å². The summed E-state index contributed by atoms with van der Waals surface area (Å²) in [5.41, 5.74) is -1.24. The van der Waals surface area contributed by atoms with Crippen molar-refractivity contribution in [2.45, 2.75) is 50.4 Å². The molecular weight excluding hydrogens is 557 g/mol. The average molecular weight is 589 g/mol. The molecule has 3 aromatic rings. The second-order valence-corrected chi connectivity index (χ2v) is 12.0. The number of likely N-dealkylation sites (tertiary alicyclic amines) is 1. The van der Waals surface area contributed by atoms with Gasteiger partial charge in [0.2, 0.25) is 0 Å². The lowest BCUT2D eigenvalue weighted by Gasteiger charge is -2.52. The summed E-state index contributed by atoms with van der Waals surface area (Å²) in [4.78, 5) is 46.1. The Hall–Kier alpha value is -3.51. The largest absolute Gasteiger partial charge is 0.443 e.